The number of ether oxygens (including phenoxy) is 1. The topological polar surface area (TPSA) is 68.1 Å². The molecule has 1 heterocycles. The molecule has 0 amide bonds. The van der Waals surface area contributed by atoms with Gasteiger partial charge in [-0.15, -0.1) is 0 Å². The van der Waals surface area contributed by atoms with Gasteiger partial charge >= 0.3 is 5.97 Å². The van der Waals surface area contributed by atoms with E-state index in [2.05, 4.69) is 5.16 Å². The molecule has 0 saturated carbocycles. The highest BCUT2D eigenvalue weighted by molar-refractivity contribution is 6.03. The van der Waals surface area contributed by atoms with Crippen molar-refractivity contribution < 1.29 is 19.5 Å². The van der Waals surface area contributed by atoms with Crippen LogP contribution in [0.4, 0.5) is 0 Å². The van der Waals surface area contributed by atoms with Gasteiger partial charge in [0.25, 0.3) is 0 Å². The van der Waals surface area contributed by atoms with E-state index in [9.17, 15) is 4.79 Å². The first-order chi connectivity index (χ1) is 10.7. The zero-order chi connectivity index (χ0) is 15.5. The van der Waals surface area contributed by atoms with Gasteiger partial charge in [-0.3, -0.25) is 0 Å². The molecule has 5 heteroatoms. The van der Waals surface area contributed by atoms with E-state index >= 15 is 0 Å². The van der Waals surface area contributed by atoms with Gasteiger partial charge < -0.3 is 14.7 Å². The van der Waals surface area contributed by atoms with Gasteiger partial charge in [-0.2, -0.15) is 0 Å². The number of oxime groups is 1. The van der Waals surface area contributed by atoms with Crippen LogP contribution in [0.5, 0.6) is 5.75 Å². The molecule has 3 rings (SSSR count). The third-order valence-corrected chi connectivity index (χ3v) is 3.58. The van der Waals surface area contributed by atoms with Crippen molar-refractivity contribution in [2.24, 2.45) is 5.16 Å². The second kappa shape index (κ2) is 5.89. The highest BCUT2D eigenvalue weighted by Crippen LogP contribution is 2.35. The molecule has 1 unspecified atom stereocenters. The molecule has 112 valence electrons. The lowest BCUT2D eigenvalue weighted by Crippen LogP contribution is -2.21. The average molecular weight is 297 g/mol. The smallest absolute Gasteiger partial charge is 0.335 e. The Morgan fingerprint density at radius 3 is 2.64 bits per heavy atom. The Kier molecular flexibility index (Phi) is 3.78. The predicted molar refractivity (Wildman–Crippen MR) is 81.4 cm³/mol. The van der Waals surface area contributed by atoms with Gasteiger partial charge in [0.05, 0.1) is 11.3 Å². The summed E-state index contributed by atoms with van der Waals surface area (Å²) in [4.78, 5) is 15.9. The van der Waals surface area contributed by atoms with Crippen molar-refractivity contribution in [1.29, 1.82) is 0 Å². The van der Waals surface area contributed by atoms with Crippen molar-refractivity contribution in [3.8, 4) is 5.75 Å². The molecular weight excluding hydrogens is 282 g/mol. The minimum atomic E-state index is -0.942. The maximum Gasteiger partial charge on any atom is 0.335 e. The molecule has 5 nitrogen and oxygen atoms in total. The molecule has 1 aliphatic rings. The Bertz CT molecular complexity index is 722. The zero-order valence-electron chi connectivity index (χ0n) is 12.0. The van der Waals surface area contributed by atoms with Crippen LogP contribution >= 0.6 is 0 Å². The third kappa shape index (κ3) is 2.65. The average Bonchev–Trinajstić information content (AvgIpc) is 2.55. The normalized spacial score (nSPS) is 18.4. The minimum Gasteiger partial charge on any atom is -0.485 e. The van der Waals surface area contributed by atoms with E-state index in [0.29, 0.717) is 6.42 Å². The summed E-state index contributed by atoms with van der Waals surface area (Å²) >= 11 is 0. The number of carbonyl (C=O) groups is 1. The van der Waals surface area contributed by atoms with Crippen LogP contribution in [0.1, 0.15) is 34.0 Å². The van der Waals surface area contributed by atoms with Gasteiger partial charge in [0.15, 0.2) is 0 Å². The number of hydrogen-bond donors (Lipinski definition) is 1. The third-order valence-electron chi connectivity index (χ3n) is 3.58. The van der Waals surface area contributed by atoms with Crippen LogP contribution in [0.3, 0.4) is 0 Å². The second-order valence-electron chi connectivity index (χ2n) is 4.95. The highest BCUT2D eigenvalue weighted by atomic mass is 16.6. The van der Waals surface area contributed by atoms with Gasteiger partial charge in [0, 0.05) is 12.0 Å². The van der Waals surface area contributed by atoms with E-state index in [0.717, 1.165) is 22.6 Å². The molecule has 0 bridgehead atoms. The molecule has 0 radical (unpaired) electrons. The van der Waals surface area contributed by atoms with Gasteiger partial charge in [0.2, 0.25) is 0 Å². The molecule has 1 aliphatic heterocycles. The first-order valence-corrected chi connectivity index (χ1v) is 6.88. The number of carboxylic acids is 1. The maximum absolute atomic E-state index is 10.9. The summed E-state index contributed by atoms with van der Waals surface area (Å²) in [5, 5.41) is 13.1. The van der Waals surface area contributed by atoms with E-state index in [1.807, 2.05) is 24.3 Å². The largest absolute Gasteiger partial charge is 0.485 e. The van der Waals surface area contributed by atoms with Gasteiger partial charge in [0.1, 0.15) is 19.0 Å². The highest BCUT2D eigenvalue weighted by Gasteiger charge is 2.26. The molecule has 1 atom stereocenters. The number of aromatic carboxylic acids is 1. The molecule has 0 aliphatic carbocycles. The summed E-state index contributed by atoms with van der Waals surface area (Å²) in [7, 11) is 1.52. The fourth-order valence-electron chi connectivity index (χ4n) is 2.51. The van der Waals surface area contributed by atoms with Crippen LogP contribution in [0.2, 0.25) is 0 Å². The summed E-state index contributed by atoms with van der Waals surface area (Å²) in [6, 6.07) is 14.4. The van der Waals surface area contributed by atoms with Crippen LogP contribution in [-0.2, 0) is 4.84 Å². The maximum atomic E-state index is 10.9. The van der Waals surface area contributed by atoms with Crippen LogP contribution in [0, 0.1) is 0 Å². The molecule has 0 saturated heterocycles. The quantitative estimate of drug-likeness (QED) is 0.883. The Hall–Kier alpha value is -2.82. The Morgan fingerprint density at radius 1 is 1.23 bits per heavy atom. The molecule has 2 aromatic rings. The number of nitrogens with zero attached hydrogens (tertiary/aromatic N) is 1. The Balaban J connectivity index is 1.93. The molecular formula is C17H15NO4. The first-order valence-electron chi connectivity index (χ1n) is 6.88. The lowest BCUT2D eigenvalue weighted by atomic mass is 9.95. The molecule has 22 heavy (non-hydrogen) atoms. The zero-order valence-corrected chi connectivity index (χ0v) is 12.0. The number of para-hydroxylation sites is 1. The summed E-state index contributed by atoms with van der Waals surface area (Å²) in [6.07, 6.45) is 0.351. The van der Waals surface area contributed by atoms with Crippen LogP contribution in [-0.4, -0.2) is 23.9 Å². The minimum absolute atomic E-state index is 0.216. The monoisotopic (exact) mass is 297 g/mol. The number of benzene rings is 2. The SMILES string of the molecule is CON=C1CC(c2ccc(C(=O)O)cc2)Oc2ccccc21. The summed E-state index contributed by atoms with van der Waals surface area (Å²) in [5.74, 6) is -0.194. The fraction of sp³-hybridized carbons (Fsp3) is 0.176. The Morgan fingerprint density at radius 2 is 1.95 bits per heavy atom. The van der Waals surface area contributed by atoms with Gasteiger partial charge in [-0.05, 0) is 29.8 Å². The lowest BCUT2D eigenvalue weighted by Gasteiger charge is -2.27. The van der Waals surface area contributed by atoms with Crippen molar-refractivity contribution >= 4 is 11.7 Å². The molecule has 0 aromatic heterocycles. The number of fused-ring (bicyclic) bond motifs is 1. The Labute approximate surface area is 127 Å². The fourth-order valence-corrected chi connectivity index (χ4v) is 2.51. The van der Waals surface area contributed by atoms with Crippen molar-refractivity contribution in [1.82, 2.24) is 0 Å². The van der Waals surface area contributed by atoms with E-state index in [-0.39, 0.29) is 11.7 Å². The van der Waals surface area contributed by atoms with Crippen LogP contribution < -0.4 is 4.74 Å². The van der Waals surface area contributed by atoms with Crippen LogP contribution in [0.15, 0.2) is 53.7 Å². The molecule has 1 N–H and O–H groups in total. The van der Waals surface area contributed by atoms with Crippen molar-refractivity contribution in [3.05, 3.63) is 65.2 Å². The molecule has 2 aromatic carbocycles. The number of hydrogen-bond acceptors (Lipinski definition) is 4. The lowest BCUT2D eigenvalue weighted by molar-refractivity contribution is 0.0696. The van der Waals surface area contributed by atoms with Crippen molar-refractivity contribution in [2.45, 2.75) is 12.5 Å². The van der Waals surface area contributed by atoms with Crippen molar-refractivity contribution in [3.63, 3.8) is 0 Å². The molecule has 0 fully saturated rings. The van der Waals surface area contributed by atoms with E-state index in [1.54, 1.807) is 24.3 Å². The van der Waals surface area contributed by atoms with E-state index in [4.69, 9.17) is 14.7 Å². The van der Waals surface area contributed by atoms with Gasteiger partial charge in [-0.1, -0.05) is 29.4 Å². The summed E-state index contributed by atoms with van der Waals surface area (Å²) in [6.45, 7) is 0. The van der Waals surface area contributed by atoms with E-state index in [1.165, 1.54) is 7.11 Å². The predicted octanol–water partition coefficient (Wildman–Crippen LogP) is 3.26. The van der Waals surface area contributed by atoms with Gasteiger partial charge in [-0.25, -0.2) is 4.79 Å². The second-order valence-corrected chi connectivity index (χ2v) is 4.95. The van der Waals surface area contributed by atoms with Crippen LogP contribution in [0.25, 0.3) is 0 Å². The van der Waals surface area contributed by atoms with E-state index < -0.39 is 5.97 Å². The number of carboxylic acid groups (broad SMARTS) is 1. The molecule has 0 spiro atoms. The first kappa shape index (κ1) is 14.1. The number of rotatable bonds is 3. The summed E-state index contributed by atoms with van der Waals surface area (Å²) < 4.78 is 6.01. The standard InChI is InChI=1S/C17H15NO4/c1-21-18-14-10-16(22-15-5-3-2-4-13(14)15)11-6-8-12(9-7-11)17(19)20/h2-9,16H,10H2,1H3,(H,19,20). The van der Waals surface area contributed by atoms with Crippen molar-refractivity contribution in [2.75, 3.05) is 7.11 Å². The summed E-state index contributed by atoms with van der Waals surface area (Å²) in [5.41, 5.74) is 2.90.